The average Bonchev–Trinajstić information content (AvgIpc) is 2.90. The van der Waals surface area contributed by atoms with Crippen LogP contribution in [0, 0.1) is 11.3 Å². The zero-order valence-electron chi connectivity index (χ0n) is 11.8. The lowest BCUT2D eigenvalue weighted by Crippen LogP contribution is -2.28. The maximum atomic E-state index is 11.2. The Morgan fingerprint density at radius 3 is 2.67 bits per heavy atom. The minimum absolute atomic E-state index is 0.383. The van der Waals surface area contributed by atoms with Crippen LogP contribution in [0.5, 0.6) is 0 Å². The highest BCUT2D eigenvalue weighted by Crippen LogP contribution is 2.29. The third kappa shape index (κ3) is 3.38. The molecule has 0 saturated carbocycles. The van der Waals surface area contributed by atoms with Gasteiger partial charge in [-0.1, -0.05) is 12.1 Å². The Labute approximate surface area is 126 Å². The number of carboxylic acid groups (broad SMARTS) is 1. The molecule has 0 aliphatic carbocycles. The van der Waals surface area contributed by atoms with Gasteiger partial charge in [0.15, 0.2) is 5.13 Å². The van der Waals surface area contributed by atoms with Crippen molar-refractivity contribution in [3.63, 3.8) is 0 Å². The number of carbonyl (C=O) groups is 1. The lowest BCUT2D eigenvalue weighted by molar-refractivity contribution is -0.142. The number of nitriles is 1. The molecule has 5 nitrogen and oxygen atoms in total. The van der Waals surface area contributed by atoms with Crippen molar-refractivity contribution in [2.75, 3.05) is 5.32 Å². The monoisotopic (exact) mass is 301 g/mol. The quantitative estimate of drug-likeness (QED) is 0.884. The van der Waals surface area contributed by atoms with E-state index in [9.17, 15) is 9.90 Å². The third-order valence-electron chi connectivity index (χ3n) is 3.17. The molecule has 0 amide bonds. The van der Waals surface area contributed by atoms with E-state index in [0.717, 1.165) is 11.3 Å². The number of nitrogens with one attached hydrogen (secondary N) is 1. The summed E-state index contributed by atoms with van der Waals surface area (Å²) in [5.41, 5.74) is 1.33. The molecule has 0 spiro atoms. The number of aromatic nitrogens is 1. The van der Waals surface area contributed by atoms with Crippen molar-refractivity contribution in [1.82, 2.24) is 4.98 Å². The SMILES string of the molecule is CC(C)(C(=O)O)c1csc(Nc2ccc(CC#N)cc2)n1. The van der Waals surface area contributed by atoms with Crippen LogP contribution in [0.15, 0.2) is 29.6 Å². The maximum absolute atomic E-state index is 11.2. The molecule has 2 rings (SSSR count). The van der Waals surface area contributed by atoms with Gasteiger partial charge in [-0.3, -0.25) is 4.79 Å². The highest BCUT2D eigenvalue weighted by molar-refractivity contribution is 7.13. The minimum Gasteiger partial charge on any atom is -0.481 e. The molecule has 1 aromatic carbocycles. The van der Waals surface area contributed by atoms with Gasteiger partial charge in [-0.15, -0.1) is 11.3 Å². The molecular weight excluding hydrogens is 286 g/mol. The Morgan fingerprint density at radius 2 is 2.10 bits per heavy atom. The van der Waals surface area contributed by atoms with Gasteiger partial charge < -0.3 is 10.4 Å². The van der Waals surface area contributed by atoms with E-state index in [0.29, 0.717) is 17.2 Å². The second kappa shape index (κ2) is 5.94. The predicted molar refractivity (Wildman–Crippen MR) is 81.8 cm³/mol. The molecule has 2 aromatic rings. The third-order valence-corrected chi connectivity index (χ3v) is 3.93. The van der Waals surface area contributed by atoms with Crippen molar-refractivity contribution in [3.05, 3.63) is 40.9 Å². The Bertz CT molecular complexity index is 684. The van der Waals surface area contributed by atoms with Crippen molar-refractivity contribution in [1.29, 1.82) is 5.26 Å². The number of thiazole rings is 1. The molecule has 1 heterocycles. The van der Waals surface area contributed by atoms with Crippen LogP contribution in [-0.2, 0) is 16.6 Å². The van der Waals surface area contributed by atoms with E-state index in [1.165, 1.54) is 11.3 Å². The zero-order chi connectivity index (χ0) is 15.5. The fourth-order valence-corrected chi connectivity index (χ4v) is 2.55. The van der Waals surface area contributed by atoms with Gasteiger partial charge in [0.1, 0.15) is 5.41 Å². The first-order chi connectivity index (χ1) is 9.93. The van der Waals surface area contributed by atoms with Crippen LogP contribution in [-0.4, -0.2) is 16.1 Å². The van der Waals surface area contributed by atoms with Gasteiger partial charge in [0.25, 0.3) is 0 Å². The van der Waals surface area contributed by atoms with E-state index in [1.54, 1.807) is 19.2 Å². The van der Waals surface area contributed by atoms with E-state index in [4.69, 9.17) is 5.26 Å². The van der Waals surface area contributed by atoms with Crippen molar-refractivity contribution in [3.8, 4) is 6.07 Å². The summed E-state index contributed by atoms with van der Waals surface area (Å²) >= 11 is 1.37. The first-order valence-electron chi connectivity index (χ1n) is 6.36. The van der Waals surface area contributed by atoms with E-state index in [2.05, 4.69) is 16.4 Å². The standard InChI is InChI=1S/C15H15N3O2S/c1-15(2,13(19)20)12-9-21-14(18-12)17-11-5-3-10(4-6-11)7-8-16/h3-6,9H,7H2,1-2H3,(H,17,18)(H,19,20). The molecule has 2 N–H and O–H groups in total. The number of nitrogens with zero attached hydrogens (tertiary/aromatic N) is 2. The van der Waals surface area contributed by atoms with Gasteiger partial charge in [0.05, 0.1) is 18.2 Å². The molecule has 0 bridgehead atoms. The van der Waals surface area contributed by atoms with Gasteiger partial charge >= 0.3 is 5.97 Å². The summed E-state index contributed by atoms with van der Waals surface area (Å²) in [5, 5.41) is 23.4. The van der Waals surface area contributed by atoms with Crippen LogP contribution < -0.4 is 5.32 Å². The van der Waals surface area contributed by atoms with Gasteiger partial charge in [-0.05, 0) is 31.5 Å². The van der Waals surface area contributed by atoms with Crippen LogP contribution in [0.1, 0.15) is 25.1 Å². The Balaban J connectivity index is 2.13. The highest BCUT2D eigenvalue weighted by atomic mass is 32.1. The smallest absolute Gasteiger partial charge is 0.315 e. The number of hydrogen-bond donors (Lipinski definition) is 2. The number of rotatable bonds is 5. The topological polar surface area (TPSA) is 86.0 Å². The fourth-order valence-electron chi connectivity index (χ4n) is 1.65. The molecule has 6 heteroatoms. The van der Waals surface area contributed by atoms with Crippen LogP contribution in [0.2, 0.25) is 0 Å². The highest BCUT2D eigenvalue weighted by Gasteiger charge is 2.32. The van der Waals surface area contributed by atoms with E-state index in [1.807, 2.05) is 24.3 Å². The van der Waals surface area contributed by atoms with Gasteiger partial charge in [0.2, 0.25) is 0 Å². The molecular formula is C15H15N3O2S. The fraction of sp³-hybridized carbons (Fsp3) is 0.267. The Morgan fingerprint density at radius 1 is 1.43 bits per heavy atom. The molecule has 0 unspecified atom stereocenters. The molecule has 108 valence electrons. The summed E-state index contributed by atoms with van der Waals surface area (Å²) in [4.78, 5) is 15.5. The van der Waals surface area contributed by atoms with Gasteiger partial charge in [0, 0.05) is 11.1 Å². The first kappa shape index (κ1) is 15.0. The van der Waals surface area contributed by atoms with Crippen LogP contribution >= 0.6 is 11.3 Å². The number of aliphatic carboxylic acids is 1. The minimum atomic E-state index is -1.01. The lowest BCUT2D eigenvalue weighted by Gasteiger charge is -2.15. The van der Waals surface area contributed by atoms with Crippen molar-refractivity contribution in [2.24, 2.45) is 0 Å². The molecule has 21 heavy (non-hydrogen) atoms. The number of benzene rings is 1. The summed E-state index contributed by atoms with van der Waals surface area (Å²) in [6, 6.07) is 9.59. The van der Waals surface area contributed by atoms with E-state index >= 15 is 0 Å². The summed E-state index contributed by atoms with van der Waals surface area (Å²) in [5.74, 6) is -0.903. The summed E-state index contributed by atoms with van der Waals surface area (Å²) in [6.07, 6.45) is 0.383. The number of hydrogen-bond acceptors (Lipinski definition) is 5. The normalized spacial score (nSPS) is 10.9. The van der Waals surface area contributed by atoms with Crippen LogP contribution in [0.3, 0.4) is 0 Å². The Hall–Kier alpha value is -2.39. The largest absolute Gasteiger partial charge is 0.481 e. The molecule has 0 radical (unpaired) electrons. The first-order valence-corrected chi connectivity index (χ1v) is 7.24. The van der Waals surface area contributed by atoms with E-state index in [-0.39, 0.29) is 0 Å². The van der Waals surface area contributed by atoms with Gasteiger partial charge in [-0.25, -0.2) is 4.98 Å². The number of carboxylic acids is 1. The molecule has 0 atom stereocenters. The molecule has 0 aliphatic heterocycles. The lowest BCUT2D eigenvalue weighted by atomic mass is 9.90. The van der Waals surface area contributed by atoms with Crippen LogP contribution in [0.4, 0.5) is 10.8 Å². The van der Waals surface area contributed by atoms with E-state index < -0.39 is 11.4 Å². The number of anilines is 2. The summed E-state index contributed by atoms with van der Waals surface area (Å²) < 4.78 is 0. The molecule has 0 saturated heterocycles. The van der Waals surface area contributed by atoms with Crippen molar-refractivity contribution < 1.29 is 9.90 Å². The molecule has 0 fully saturated rings. The maximum Gasteiger partial charge on any atom is 0.315 e. The zero-order valence-corrected chi connectivity index (χ0v) is 12.6. The summed E-state index contributed by atoms with van der Waals surface area (Å²) in [7, 11) is 0. The van der Waals surface area contributed by atoms with Gasteiger partial charge in [-0.2, -0.15) is 5.26 Å². The molecule has 1 aromatic heterocycles. The van der Waals surface area contributed by atoms with Crippen molar-refractivity contribution >= 4 is 28.1 Å². The average molecular weight is 301 g/mol. The molecule has 0 aliphatic rings. The predicted octanol–water partition coefficient (Wildman–Crippen LogP) is 3.31. The van der Waals surface area contributed by atoms with Crippen LogP contribution in [0.25, 0.3) is 0 Å². The van der Waals surface area contributed by atoms with Crippen molar-refractivity contribution in [2.45, 2.75) is 25.7 Å². The second-order valence-electron chi connectivity index (χ2n) is 5.12. The Kier molecular flexibility index (Phi) is 4.24. The summed E-state index contributed by atoms with van der Waals surface area (Å²) in [6.45, 7) is 3.26. The second-order valence-corrected chi connectivity index (χ2v) is 5.98.